The Morgan fingerprint density at radius 2 is 1.76 bits per heavy atom. The van der Waals surface area contributed by atoms with E-state index in [1.54, 1.807) is 0 Å². The van der Waals surface area contributed by atoms with Crippen molar-refractivity contribution in [1.29, 1.82) is 0 Å². The second-order valence-electron chi connectivity index (χ2n) is 4.90. The second-order valence-corrected chi connectivity index (χ2v) is 5.81. The van der Waals surface area contributed by atoms with Crippen molar-refractivity contribution in [2.45, 2.75) is 26.8 Å². The molecule has 0 heterocycles. The maximum atomic E-state index is 3.44. The topological polar surface area (TPSA) is 15.3 Å². The Balaban J connectivity index is 2.30. The molecule has 1 unspecified atom stereocenters. The van der Waals surface area contributed by atoms with Gasteiger partial charge in [-0.2, -0.15) is 0 Å². The van der Waals surface area contributed by atoms with E-state index in [4.69, 9.17) is 0 Å². The first-order valence-electron chi connectivity index (χ1n) is 6.20. The number of hydrogen-bond acceptors (Lipinski definition) is 2. The molecule has 3 heteroatoms. The molecule has 0 amide bonds. The van der Waals surface area contributed by atoms with Gasteiger partial charge in [-0.05, 0) is 44.2 Å². The standard InChI is InChI=1S/C14H23BrN2/c1-11(2)12(3)17(4)10-9-16-14-7-5-13(15)6-8-14/h5-8,11-12,16H,9-10H2,1-4H3. The van der Waals surface area contributed by atoms with Crippen molar-refractivity contribution in [1.82, 2.24) is 4.90 Å². The summed E-state index contributed by atoms with van der Waals surface area (Å²) >= 11 is 3.44. The van der Waals surface area contributed by atoms with Gasteiger partial charge in [0.2, 0.25) is 0 Å². The highest BCUT2D eigenvalue weighted by Gasteiger charge is 2.11. The van der Waals surface area contributed by atoms with E-state index in [1.165, 1.54) is 5.69 Å². The number of rotatable bonds is 6. The molecular weight excluding hydrogens is 276 g/mol. The molecular formula is C14H23BrN2. The smallest absolute Gasteiger partial charge is 0.0341 e. The van der Waals surface area contributed by atoms with Crippen LogP contribution in [0.4, 0.5) is 5.69 Å². The first-order chi connectivity index (χ1) is 8.00. The van der Waals surface area contributed by atoms with E-state index in [0.29, 0.717) is 12.0 Å². The minimum Gasteiger partial charge on any atom is -0.384 e. The lowest BCUT2D eigenvalue weighted by molar-refractivity contribution is 0.215. The summed E-state index contributed by atoms with van der Waals surface area (Å²) in [4.78, 5) is 2.40. The largest absolute Gasteiger partial charge is 0.384 e. The Hall–Kier alpha value is -0.540. The fourth-order valence-electron chi connectivity index (χ4n) is 1.66. The first-order valence-corrected chi connectivity index (χ1v) is 6.99. The van der Waals surface area contributed by atoms with Crippen LogP contribution in [0, 0.1) is 5.92 Å². The number of nitrogens with zero attached hydrogens (tertiary/aromatic N) is 1. The van der Waals surface area contributed by atoms with Crippen molar-refractivity contribution >= 4 is 21.6 Å². The number of hydrogen-bond donors (Lipinski definition) is 1. The van der Waals surface area contributed by atoms with Gasteiger partial charge in [0.25, 0.3) is 0 Å². The SMILES string of the molecule is CC(C)C(C)N(C)CCNc1ccc(Br)cc1. The number of halogens is 1. The molecule has 17 heavy (non-hydrogen) atoms. The molecule has 0 aliphatic heterocycles. The van der Waals surface area contributed by atoms with Crippen molar-refractivity contribution in [3.05, 3.63) is 28.7 Å². The van der Waals surface area contributed by atoms with Crippen LogP contribution in [-0.4, -0.2) is 31.1 Å². The fourth-order valence-corrected chi connectivity index (χ4v) is 1.92. The van der Waals surface area contributed by atoms with Crippen LogP contribution in [0.15, 0.2) is 28.7 Å². The summed E-state index contributed by atoms with van der Waals surface area (Å²) in [6.45, 7) is 8.86. The van der Waals surface area contributed by atoms with E-state index in [-0.39, 0.29) is 0 Å². The number of nitrogens with one attached hydrogen (secondary N) is 1. The molecule has 0 radical (unpaired) electrons. The van der Waals surface area contributed by atoms with Crippen LogP contribution in [0.3, 0.4) is 0 Å². The maximum absolute atomic E-state index is 3.44. The molecule has 0 saturated heterocycles. The number of likely N-dealkylation sites (N-methyl/N-ethyl adjacent to an activating group) is 1. The van der Waals surface area contributed by atoms with Gasteiger partial charge >= 0.3 is 0 Å². The molecule has 0 aromatic heterocycles. The highest BCUT2D eigenvalue weighted by Crippen LogP contribution is 2.14. The zero-order valence-electron chi connectivity index (χ0n) is 11.2. The van der Waals surface area contributed by atoms with Crippen LogP contribution in [-0.2, 0) is 0 Å². The summed E-state index contributed by atoms with van der Waals surface area (Å²) < 4.78 is 1.12. The molecule has 1 aromatic carbocycles. The maximum Gasteiger partial charge on any atom is 0.0341 e. The Morgan fingerprint density at radius 3 is 2.29 bits per heavy atom. The Labute approximate surface area is 114 Å². The molecule has 1 aromatic rings. The van der Waals surface area contributed by atoms with Crippen molar-refractivity contribution in [3.63, 3.8) is 0 Å². The van der Waals surface area contributed by atoms with Gasteiger partial charge in [0.15, 0.2) is 0 Å². The molecule has 0 spiro atoms. The minimum atomic E-state index is 0.627. The van der Waals surface area contributed by atoms with Gasteiger partial charge in [0.1, 0.15) is 0 Å². The normalized spacial score (nSPS) is 13.1. The zero-order chi connectivity index (χ0) is 12.8. The Morgan fingerprint density at radius 1 is 1.18 bits per heavy atom. The van der Waals surface area contributed by atoms with Gasteiger partial charge in [0, 0.05) is 29.3 Å². The second kappa shape index (κ2) is 7.02. The highest BCUT2D eigenvalue weighted by atomic mass is 79.9. The van der Waals surface area contributed by atoms with E-state index in [9.17, 15) is 0 Å². The van der Waals surface area contributed by atoms with Crippen LogP contribution in [0.25, 0.3) is 0 Å². The number of benzene rings is 1. The van der Waals surface area contributed by atoms with Crippen LogP contribution >= 0.6 is 15.9 Å². The lowest BCUT2D eigenvalue weighted by atomic mass is 10.1. The van der Waals surface area contributed by atoms with Crippen LogP contribution < -0.4 is 5.32 Å². The third-order valence-electron chi connectivity index (χ3n) is 3.30. The molecule has 2 nitrogen and oxygen atoms in total. The van der Waals surface area contributed by atoms with Crippen LogP contribution in [0.1, 0.15) is 20.8 Å². The Bertz CT molecular complexity index is 321. The van der Waals surface area contributed by atoms with E-state index in [0.717, 1.165) is 17.6 Å². The van der Waals surface area contributed by atoms with Gasteiger partial charge < -0.3 is 10.2 Å². The average molecular weight is 299 g/mol. The summed E-state index contributed by atoms with van der Waals surface area (Å²) in [7, 11) is 2.19. The molecule has 0 saturated carbocycles. The highest BCUT2D eigenvalue weighted by molar-refractivity contribution is 9.10. The van der Waals surface area contributed by atoms with Crippen molar-refractivity contribution in [2.24, 2.45) is 5.92 Å². The zero-order valence-corrected chi connectivity index (χ0v) is 12.8. The summed E-state index contributed by atoms with van der Waals surface area (Å²) in [6.07, 6.45) is 0. The molecule has 96 valence electrons. The van der Waals surface area contributed by atoms with Crippen molar-refractivity contribution < 1.29 is 0 Å². The van der Waals surface area contributed by atoms with Gasteiger partial charge in [-0.25, -0.2) is 0 Å². The van der Waals surface area contributed by atoms with E-state index in [1.807, 2.05) is 0 Å². The van der Waals surface area contributed by atoms with Gasteiger partial charge in [-0.3, -0.25) is 0 Å². The van der Waals surface area contributed by atoms with Crippen LogP contribution in [0.2, 0.25) is 0 Å². The Kier molecular flexibility index (Phi) is 6.00. The van der Waals surface area contributed by atoms with E-state index >= 15 is 0 Å². The van der Waals surface area contributed by atoms with Gasteiger partial charge in [-0.15, -0.1) is 0 Å². The summed E-state index contributed by atoms with van der Waals surface area (Å²) in [5.41, 5.74) is 1.18. The molecule has 0 aliphatic rings. The summed E-state index contributed by atoms with van der Waals surface area (Å²) in [6, 6.07) is 8.93. The van der Waals surface area contributed by atoms with Gasteiger partial charge in [-0.1, -0.05) is 29.8 Å². The predicted octanol–water partition coefficient (Wildman–Crippen LogP) is 3.84. The summed E-state index contributed by atoms with van der Waals surface area (Å²) in [5.74, 6) is 0.702. The molecule has 0 fully saturated rings. The summed E-state index contributed by atoms with van der Waals surface area (Å²) in [5, 5.41) is 3.43. The minimum absolute atomic E-state index is 0.627. The molecule has 1 atom stereocenters. The van der Waals surface area contributed by atoms with E-state index < -0.39 is 0 Å². The quantitative estimate of drug-likeness (QED) is 0.858. The third kappa shape index (κ3) is 5.09. The molecule has 1 rings (SSSR count). The van der Waals surface area contributed by atoms with Gasteiger partial charge in [0.05, 0.1) is 0 Å². The molecule has 0 aliphatic carbocycles. The van der Waals surface area contributed by atoms with E-state index in [2.05, 4.69) is 78.2 Å². The van der Waals surface area contributed by atoms with Crippen LogP contribution in [0.5, 0.6) is 0 Å². The van der Waals surface area contributed by atoms with Crippen molar-refractivity contribution in [3.8, 4) is 0 Å². The van der Waals surface area contributed by atoms with Crippen molar-refractivity contribution in [2.75, 3.05) is 25.5 Å². The monoisotopic (exact) mass is 298 g/mol. The lowest BCUT2D eigenvalue weighted by Gasteiger charge is -2.27. The third-order valence-corrected chi connectivity index (χ3v) is 3.83. The average Bonchev–Trinajstić information content (AvgIpc) is 2.30. The lowest BCUT2D eigenvalue weighted by Crippen LogP contribution is -2.36. The predicted molar refractivity (Wildman–Crippen MR) is 79.6 cm³/mol. The molecule has 0 bridgehead atoms. The number of anilines is 1. The fraction of sp³-hybridized carbons (Fsp3) is 0.571. The first kappa shape index (κ1) is 14.5. The molecule has 1 N–H and O–H groups in total.